The van der Waals surface area contributed by atoms with Crippen molar-refractivity contribution in [2.24, 2.45) is 51.2 Å². The van der Waals surface area contributed by atoms with Gasteiger partial charge in [0.2, 0.25) is 0 Å². The molecule has 0 aromatic carbocycles. The van der Waals surface area contributed by atoms with Gasteiger partial charge in [-0.15, -0.1) is 0 Å². The van der Waals surface area contributed by atoms with Crippen molar-refractivity contribution in [2.45, 2.75) is 106 Å². The third-order valence-corrected chi connectivity index (χ3v) is 11.5. The van der Waals surface area contributed by atoms with E-state index in [-0.39, 0.29) is 33.9 Å². The van der Waals surface area contributed by atoms with Gasteiger partial charge < -0.3 is 14.6 Å². The molecule has 0 amide bonds. The number of rotatable bonds is 3. The minimum Gasteiger partial charge on any atom is -0.462 e. The Hall–Kier alpha value is -1.23. The van der Waals surface area contributed by atoms with Crippen LogP contribution in [0.1, 0.15) is 93.4 Å². The molecule has 0 heterocycles. The summed E-state index contributed by atoms with van der Waals surface area (Å²) >= 11 is 0. The summed E-state index contributed by atoms with van der Waals surface area (Å²) in [5.41, 5.74) is -0.327. The summed E-state index contributed by atoms with van der Waals surface area (Å²) in [5.74, 6) is -0.907. The van der Waals surface area contributed by atoms with E-state index in [1.165, 1.54) is 33.1 Å². The highest BCUT2D eigenvalue weighted by atomic mass is 16.5. The summed E-state index contributed by atoms with van der Waals surface area (Å²) in [7, 11) is 0. The van der Waals surface area contributed by atoms with E-state index in [0.717, 1.165) is 25.5 Å². The highest BCUT2D eigenvalue weighted by Gasteiger charge is 2.71. The van der Waals surface area contributed by atoms with Gasteiger partial charge in [-0.3, -0.25) is 9.59 Å². The highest BCUT2D eigenvalue weighted by Crippen LogP contribution is 2.73. The van der Waals surface area contributed by atoms with Gasteiger partial charge in [-0.25, -0.2) is 0 Å². The molecule has 4 aliphatic rings. The lowest BCUT2D eigenvalue weighted by molar-refractivity contribution is -0.261. The Bertz CT molecular complexity index is 834. The van der Waals surface area contributed by atoms with Gasteiger partial charge in [0.1, 0.15) is 18.2 Å². The van der Waals surface area contributed by atoms with Crippen LogP contribution < -0.4 is 0 Å². The predicted molar refractivity (Wildman–Crippen MR) is 126 cm³/mol. The fraction of sp³-hybridized carbons (Fsp3) is 0.893. The van der Waals surface area contributed by atoms with E-state index >= 15 is 0 Å². The van der Waals surface area contributed by atoms with Crippen molar-refractivity contribution in [3.05, 3.63) is 0 Å². The number of aliphatic hydroxyl groups excluding tert-OH is 1. The van der Waals surface area contributed by atoms with Crippen LogP contribution in [0.2, 0.25) is 0 Å². The average Bonchev–Trinajstić information content (AvgIpc) is 2.68. The molecule has 0 saturated heterocycles. The van der Waals surface area contributed by atoms with Crippen LogP contribution in [-0.4, -0.2) is 35.4 Å². The number of carbonyl (C=O) groups excluding carboxylic acids is 3. The molecule has 186 valence electrons. The highest BCUT2D eigenvalue weighted by molar-refractivity contribution is 5.83. The first-order valence-corrected chi connectivity index (χ1v) is 13.0. The van der Waals surface area contributed by atoms with Crippen LogP contribution in [0.15, 0.2) is 0 Å². The second-order valence-corrected chi connectivity index (χ2v) is 13.4. The maximum absolute atomic E-state index is 12.6. The summed E-state index contributed by atoms with van der Waals surface area (Å²) in [6.45, 7) is 14.6. The molecule has 0 spiro atoms. The second kappa shape index (κ2) is 7.90. The molecule has 4 aliphatic carbocycles. The standard InChI is InChI=1S/C28H44O5/c1-16(30)24-18(15-29)28(7)22(13-19(24)32)27(6)12-9-20-25(3,4)10-8-11-26(20,5)21(27)14-23(28)33-17(2)31/h15,18-24,32H,8-14H2,1-7H3/t18-,19-,20?,21?,22?,23?,24?,26-,27+,28+/m0/s1. The van der Waals surface area contributed by atoms with E-state index in [9.17, 15) is 19.5 Å². The molecule has 0 bridgehead atoms. The predicted octanol–water partition coefficient (Wildman–Crippen LogP) is 4.98. The third kappa shape index (κ3) is 3.38. The molecule has 4 fully saturated rings. The monoisotopic (exact) mass is 460 g/mol. The van der Waals surface area contributed by atoms with Gasteiger partial charge in [-0.05, 0) is 79.4 Å². The Morgan fingerprint density at radius 2 is 1.55 bits per heavy atom. The normalized spacial score (nSPS) is 50.8. The lowest BCUT2D eigenvalue weighted by Crippen LogP contribution is -2.69. The molecular formula is C28H44O5. The van der Waals surface area contributed by atoms with Gasteiger partial charge in [0.15, 0.2) is 0 Å². The maximum Gasteiger partial charge on any atom is 0.302 e. The Labute approximate surface area is 199 Å². The number of ether oxygens (including phenoxy) is 1. The molecule has 5 nitrogen and oxygen atoms in total. The fourth-order valence-corrected chi connectivity index (χ4v) is 10.2. The molecule has 0 aromatic heterocycles. The number of fused-ring (bicyclic) bond motifs is 5. The van der Waals surface area contributed by atoms with Crippen LogP contribution in [0.25, 0.3) is 0 Å². The third-order valence-electron chi connectivity index (χ3n) is 11.5. The van der Waals surface area contributed by atoms with Crippen LogP contribution in [-0.2, 0) is 19.1 Å². The first kappa shape index (κ1) is 24.9. The Balaban J connectivity index is 1.86. The van der Waals surface area contributed by atoms with Crippen LogP contribution in [0.3, 0.4) is 0 Å². The number of Topliss-reactive ketones (excluding diaryl/α,β-unsaturated/α-hetero) is 1. The molecule has 4 saturated carbocycles. The lowest BCUT2D eigenvalue weighted by atomic mass is 9.34. The Morgan fingerprint density at radius 1 is 0.909 bits per heavy atom. The smallest absolute Gasteiger partial charge is 0.302 e. The first-order valence-electron chi connectivity index (χ1n) is 13.0. The number of aliphatic hydroxyl groups is 1. The first-order chi connectivity index (χ1) is 15.2. The molecule has 5 heteroatoms. The van der Waals surface area contributed by atoms with Crippen LogP contribution in [0.5, 0.6) is 0 Å². The number of esters is 1. The van der Waals surface area contributed by atoms with Crippen molar-refractivity contribution in [2.75, 3.05) is 0 Å². The molecule has 0 aliphatic heterocycles. The van der Waals surface area contributed by atoms with E-state index < -0.39 is 29.5 Å². The van der Waals surface area contributed by atoms with E-state index in [0.29, 0.717) is 18.3 Å². The van der Waals surface area contributed by atoms with Crippen molar-refractivity contribution >= 4 is 18.0 Å². The zero-order chi connectivity index (χ0) is 24.6. The van der Waals surface area contributed by atoms with Crippen molar-refractivity contribution < 1.29 is 24.2 Å². The summed E-state index contributed by atoms with van der Waals surface area (Å²) < 4.78 is 6.04. The number of aldehydes is 1. The zero-order valence-corrected chi connectivity index (χ0v) is 21.6. The van der Waals surface area contributed by atoms with Crippen molar-refractivity contribution in [3.63, 3.8) is 0 Å². The largest absolute Gasteiger partial charge is 0.462 e. The molecule has 10 atom stereocenters. The van der Waals surface area contributed by atoms with Crippen LogP contribution in [0, 0.1) is 51.2 Å². The summed E-state index contributed by atoms with van der Waals surface area (Å²) in [5, 5.41) is 11.2. The van der Waals surface area contributed by atoms with Crippen molar-refractivity contribution in [1.82, 2.24) is 0 Å². The zero-order valence-electron chi connectivity index (χ0n) is 21.6. The number of ketones is 1. The molecule has 1 N–H and O–H groups in total. The Morgan fingerprint density at radius 3 is 2.12 bits per heavy atom. The number of carbonyl (C=O) groups is 3. The van der Waals surface area contributed by atoms with Gasteiger partial charge in [-0.2, -0.15) is 0 Å². The molecule has 33 heavy (non-hydrogen) atoms. The quantitative estimate of drug-likeness (QED) is 0.475. The summed E-state index contributed by atoms with van der Waals surface area (Å²) in [6.07, 6.45) is 6.66. The molecule has 5 unspecified atom stereocenters. The van der Waals surface area contributed by atoms with E-state index in [1.807, 2.05) is 0 Å². The molecule has 0 radical (unpaired) electrons. The van der Waals surface area contributed by atoms with Crippen molar-refractivity contribution in [1.29, 1.82) is 0 Å². The van der Waals surface area contributed by atoms with Crippen LogP contribution in [0.4, 0.5) is 0 Å². The van der Waals surface area contributed by atoms with Gasteiger partial charge in [0.05, 0.1) is 12.0 Å². The molecule has 0 aromatic rings. The van der Waals surface area contributed by atoms with Gasteiger partial charge in [-0.1, -0.05) is 41.0 Å². The second-order valence-electron chi connectivity index (χ2n) is 13.4. The lowest BCUT2D eigenvalue weighted by Gasteiger charge is -2.71. The number of hydrogen-bond acceptors (Lipinski definition) is 5. The number of hydrogen-bond donors (Lipinski definition) is 1. The van der Waals surface area contributed by atoms with Crippen LogP contribution >= 0.6 is 0 Å². The minimum atomic E-state index is -0.836. The minimum absolute atomic E-state index is 0.0108. The van der Waals surface area contributed by atoms with E-state index in [2.05, 4.69) is 34.6 Å². The Kier molecular flexibility index (Phi) is 5.95. The molecular weight excluding hydrogens is 416 g/mol. The summed E-state index contributed by atoms with van der Waals surface area (Å²) in [6, 6.07) is 0. The van der Waals surface area contributed by atoms with Gasteiger partial charge >= 0.3 is 5.97 Å². The van der Waals surface area contributed by atoms with E-state index in [4.69, 9.17) is 4.74 Å². The van der Waals surface area contributed by atoms with Crippen molar-refractivity contribution in [3.8, 4) is 0 Å². The SMILES string of the molecule is CC(=O)OC1CC2[C@@]3(C)CCCC(C)(C)C3CC[C@@]2(C)C2C[C@H](O)C(C(C)=O)[C@H](C=O)[C@@]12C. The van der Waals surface area contributed by atoms with Gasteiger partial charge in [0, 0.05) is 18.3 Å². The topological polar surface area (TPSA) is 80.7 Å². The molecule has 4 rings (SSSR count). The fourth-order valence-electron chi connectivity index (χ4n) is 10.2. The van der Waals surface area contributed by atoms with E-state index in [1.54, 1.807) is 0 Å². The maximum atomic E-state index is 12.6. The average molecular weight is 461 g/mol. The summed E-state index contributed by atoms with van der Waals surface area (Å²) in [4.78, 5) is 37.4. The van der Waals surface area contributed by atoms with Gasteiger partial charge in [0.25, 0.3) is 0 Å².